The Bertz CT molecular complexity index is 1160. The van der Waals surface area contributed by atoms with Crippen molar-refractivity contribution in [2.45, 2.75) is 12.8 Å². The van der Waals surface area contributed by atoms with Gasteiger partial charge in [-0.15, -0.1) is 0 Å². The van der Waals surface area contributed by atoms with Crippen LogP contribution in [-0.2, 0) is 7.05 Å². The average Bonchev–Trinajstić information content (AvgIpc) is 3.11. The molecule has 9 heteroatoms. The first-order chi connectivity index (χ1) is 14.8. The van der Waals surface area contributed by atoms with Gasteiger partial charge in [0, 0.05) is 42.7 Å². The summed E-state index contributed by atoms with van der Waals surface area (Å²) in [7, 11) is 1.66. The molecule has 2 aromatic carbocycles. The number of hydrogen-bond donors (Lipinski definition) is 2. The van der Waals surface area contributed by atoms with Crippen LogP contribution in [0.4, 0.5) is 14.9 Å². The molecule has 1 aromatic heterocycles. The lowest BCUT2D eigenvalue weighted by Gasteiger charge is -2.31. The monoisotopic (exact) mass is 424 g/mol. The van der Waals surface area contributed by atoms with Crippen molar-refractivity contribution in [2.24, 2.45) is 13.0 Å². The van der Waals surface area contributed by atoms with E-state index in [0.717, 1.165) is 0 Å². The normalized spacial score (nSPS) is 14.6. The molecule has 8 nitrogen and oxygen atoms in total. The van der Waals surface area contributed by atoms with Gasteiger partial charge in [0.05, 0.1) is 5.52 Å². The Labute approximate surface area is 177 Å². The Morgan fingerprint density at radius 2 is 1.77 bits per heavy atom. The molecule has 2 amide bonds. The molecule has 0 radical (unpaired) electrons. The van der Waals surface area contributed by atoms with E-state index in [0.29, 0.717) is 48.1 Å². The van der Waals surface area contributed by atoms with Crippen molar-refractivity contribution >= 4 is 34.4 Å². The molecule has 2 N–H and O–H groups in total. The van der Waals surface area contributed by atoms with Crippen molar-refractivity contribution in [1.82, 2.24) is 14.7 Å². The molecular formula is C22H21FN4O4. The van der Waals surface area contributed by atoms with Gasteiger partial charge in [-0.1, -0.05) is 0 Å². The van der Waals surface area contributed by atoms with Crippen LogP contribution < -0.4 is 5.32 Å². The number of carbonyl (C=O) groups excluding carboxylic acids is 2. The van der Waals surface area contributed by atoms with Gasteiger partial charge in [0.2, 0.25) is 0 Å². The number of piperidine rings is 1. The fourth-order valence-corrected chi connectivity index (χ4v) is 3.89. The summed E-state index contributed by atoms with van der Waals surface area (Å²) in [6.07, 6.45) is 1.01. The Kier molecular flexibility index (Phi) is 5.41. The second-order valence-electron chi connectivity index (χ2n) is 7.57. The van der Waals surface area contributed by atoms with Crippen molar-refractivity contribution in [3.05, 3.63) is 59.5 Å². The van der Waals surface area contributed by atoms with Gasteiger partial charge >= 0.3 is 12.0 Å². The van der Waals surface area contributed by atoms with Gasteiger partial charge in [0.1, 0.15) is 5.82 Å². The highest BCUT2D eigenvalue weighted by Gasteiger charge is 2.28. The molecule has 1 aliphatic rings. The SMILES string of the molecule is Cn1nc(C(=O)O)c2cc(C(=O)C3CCN(C(=O)Nc4ccc(F)cc4)CC3)ccc21. The summed E-state index contributed by atoms with van der Waals surface area (Å²) in [4.78, 5) is 38.5. The zero-order valence-corrected chi connectivity index (χ0v) is 16.8. The van der Waals surface area contributed by atoms with Gasteiger partial charge in [-0.05, 0) is 55.3 Å². The first-order valence-electron chi connectivity index (χ1n) is 9.89. The molecular weight excluding hydrogens is 403 g/mol. The number of fused-ring (bicyclic) bond motifs is 1. The summed E-state index contributed by atoms with van der Waals surface area (Å²) in [5.41, 5.74) is 1.50. The minimum absolute atomic E-state index is 0.0688. The number of aryl methyl sites for hydroxylation is 1. The van der Waals surface area contributed by atoms with Crippen LogP contribution in [0.2, 0.25) is 0 Å². The zero-order chi connectivity index (χ0) is 22.1. The predicted octanol–water partition coefficient (Wildman–Crippen LogP) is 3.54. The van der Waals surface area contributed by atoms with Gasteiger partial charge in [0.25, 0.3) is 0 Å². The van der Waals surface area contributed by atoms with E-state index in [4.69, 9.17) is 0 Å². The lowest BCUT2D eigenvalue weighted by atomic mass is 9.88. The number of nitrogens with zero attached hydrogens (tertiary/aromatic N) is 3. The van der Waals surface area contributed by atoms with E-state index in [1.54, 1.807) is 30.1 Å². The fraction of sp³-hybridized carbons (Fsp3) is 0.273. The number of amides is 2. The largest absolute Gasteiger partial charge is 0.476 e. The topological polar surface area (TPSA) is 105 Å². The smallest absolute Gasteiger partial charge is 0.357 e. The Morgan fingerprint density at radius 1 is 1.10 bits per heavy atom. The molecule has 0 bridgehead atoms. The molecule has 0 unspecified atom stereocenters. The van der Waals surface area contributed by atoms with E-state index in [-0.39, 0.29) is 29.2 Å². The summed E-state index contributed by atoms with van der Waals surface area (Å²) in [5, 5.41) is 16.5. The van der Waals surface area contributed by atoms with Gasteiger partial charge < -0.3 is 15.3 Å². The second-order valence-corrected chi connectivity index (χ2v) is 7.57. The number of carboxylic acid groups (broad SMARTS) is 1. The maximum absolute atomic E-state index is 13.0. The summed E-state index contributed by atoms with van der Waals surface area (Å²) in [5.74, 6) is -1.84. The standard InChI is InChI=1S/C22H21FN4O4/c1-26-18-7-2-14(12-17(18)19(25-26)21(29)30)20(28)13-8-10-27(11-9-13)22(31)24-16-5-3-15(23)4-6-16/h2-7,12-13H,8-11H2,1H3,(H,24,31)(H,29,30). The number of aromatic carboxylic acids is 1. The molecule has 160 valence electrons. The summed E-state index contributed by atoms with van der Waals surface area (Å²) in [6.45, 7) is 0.831. The van der Waals surface area contributed by atoms with Crippen molar-refractivity contribution in [3.63, 3.8) is 0 Å². The van der Waals surface area contributed by atoms with Gasteiger partial charge in [0.15, 0.2) is 11.5 Å². The highest BCUT2D eigenvalue weighted by atomic mass is 19.1. The molecule has 2 heterocycles. The van der Waals surface area contributed by atoms with E-state index in [2.05, 4.69) is 10.4 Å². The molecule has 1 fully saturated rings. The number of anilines is 1. The number of carbonyl (C=O) groups is 3. The first-order valence-corrected chi connectivity index (χ1v) is 9.89. The quantitative estimate of drug-likeness (QED) is 0.624. The fourth-order valence-electron chi connectivity index (χ4n) is 3.89. The molecule has 1 aliphatic heterocycles. The third-order valence-corrected chi connectivity index (χ3v) is 5.59. The van der Waals surface area contributed by atoms with Gasteiger partial charge in [-0.3, -0.25) is 9.48 Å². The number of nitrogens with one attached hydrogen (secondary N) is 1. The Hall–Kier alpha value is -3.75. The molecule has 1 saturated heterocycles. The Morgan fingerprint density at radius 3 is 2.42 bits per heavy atom. The number of benzene rings is 2. The van der Waals surface area contributed by atoms with E-state index >= 15 is 0 Å². The van der Waals surface area contributed by atoms with Crippen LogP contribution >= 0.6 is 0 Å². The van der Waals surface area contributed by atoms with E-state index < -0.39 is 5.97 Å². The molecule has 0 aliphatic carbocycles. The zero-order valence-electron chi connectivity index (χ0n) is 16.8. The number of likely N-dealkylation sites (tertiary alicyclic amines) is 1. The predicted molar refractivity (Wildman–Crippen MR) is 112 cm³/mol. The summed E-state index contributed by atoms with van der Waals surface area (Å²) < 4.78 is 14.5. The second kappa shape index (κ2) is 8.17. The number of rotatable bonds is 4. The average molecular weight is 424 g/mol. The van der Waals surface area contributed by atoms with Crippen LogP contribution in [0.15, 0.2) is 42.5 Å². The minimum Gasteiger partial charge on any atom is -0.476 e. The maximum atomic E-state index is 13.0. The molecule has 3 aromatic rings. The number of Topliss-reactive ketones (excluding diaryl/α,β-unsaturated/α-hetero) is 1. The van der Waals surface area contributed by atoms with Crippen LogP contribution in [0.3, 0.4) is 0 Å². The number of halogens is 1. The lowest BCUT2D eigenvalue weighted by Crippen LogP contribution is -2.42. The maximum Gasteiger partial charge on any atom is 0.357 e. The van der Waals surface area contributed by atoms with Crippen molar-refractivity contribution in [2.75, 3.05) is 18.4 Å². The van der Waals surface area contributed by atoms with Crippen LogP contribution in [0, 0.1) is 11.7 Å². The van der Waals surface area contributed by atoms with Crippen LogP contribution in [0.1, 0.15) is 33.7 Å². The summed E-state index contributed by atoms with van der Waals surface area (Å²) in [6, 6.07) is 10.2. The summed E-state index contributed by atoms with van der Waals surface area (Å²) >= 11 is 0. The van der Waals surface area contributed by atoms with Crippen LogP contribution in [0.25, 0.3) is 10.9 Å². The van der Waals surface area contributed by atoms with Gasteiger partial charge in [-0.2, -0.15) is 5.10 Å². The number of hydrogen-bond acceptors (Lipinski definition) is 4. The van der Waals surface area contributed by atoms with E-state index in [1.165, 1.54) is 28.9 Å². The molecule has 31 heavy (non-hydrogen) atoms. The number of ketones is 1. The number of aromatic nitrogens is 2. The molecule has 0 atom stereocenters. The van der Waals surface area contributed by atoms with Gasteiger partial charge in [-0.25, -0.2) is 14.0 Å². The van der Waals surface area contributed by atoms with Crippen LogP contribution in [0.5, 0.6) is 0 Å². The van der Waals surface area contributed by atoms with Crippen molar-refractivity contribution in [3.8, 4) is 0 Å². The lowest BCUT2D eigenvalue weighted by molar-refractivity contribution is 0.0691. The van der Waals surface area contributed by atoms with Crippen LogP contribution in [-0.4, -0.2) is 50.7 Å². The minimum atomic E-state index is -1.14. The number of carboxylic acids is 1. The highest BCUT2D eigenvalue weighted by molar-refractivity contribution is 6.06. The molecule has 0 saturated carbocycles. The van der Waals surface area contributed by atoms with Crippen molar-refractivity contribution < 1.29 is 23.9 Å². The van der Waals surface area contributed by atoms with E-state index in [1.807, 2.05) is 0 Å². The number of urea groups is 1. The Balaban J connectivity index is 1.42. The molecule has 4 rings (SSSR count). The highest BCUT2D eigenvalue weighted by Crippen LogP contribution is 2.26. The van der Waals surface area contributed by atoms with E-state index in [9.17, 15) is 23.9 Å². The van der Waals surface area contributed by atoms with Crippen molar-refractivity contribution in [1.29, 1.82) is 0 Å². The third kappa shape index (κ3) is 4.11. The third-order valence-electron chi connectivity index (χ3n) is 5.59. The first kappa shape index (κ1) is 20.5. The molecule has 0 spiro atoms.